The van der Waals surface area contributed by atoms with Crippen LogP contribution in [0.15, 0.2) is 42.5 Å². The van der Waals surface area contributed by atoms with Gasteiger partial charge in [-0.1, -0.05) is 0 Å². The van der Waals surface area contributed by atoms with Gasteiger partial charge in [-0.05, 0) is 36.4 Å². The number of ether oxygens (including phenoxy) is 2. The summed E-state index contributed by atoms with van der Waals surface area (Å²) < 4.78 is 33.5. The van der Waals surface area contributed by atoms with E-state index in [1.165, 1.54) is 19.2 Å². The molecule has 0 saturated heterocycles. The third kappa shape index (κ3) is 3.83. The SMILES string of the molecule is COc1ccc(C#N)c(Nc2ccc(OC(F)F)cc2)c1. The molecule has 0 bridgehead atoms. The number of benzene rings is 2. The smallest absolute Gasteiger partial charge is 0.387 e. The molecule has 0 aromatic heterocycles. The Morgan fingerprint density at radius 2 is 1.76 bits per heavy atom. The monoisotopic (exact) mass is 290 g/mol. The van der Waals surface area contributed by atoms with Crippen LogP contribution in [0.25, 0.3) is 0 Å². The molecule has 0 amide bonds. The van der Waals surface area contributed by atoms with E-state index in [1.807, 2.05) is 0 Å². The number of nitriles is 1. The highest BCUT2D eigenvalue weighted by Crippen LogP contribution is 2.26. The molecule has 0 aliphatic heterocycles. The number of alkyl halides is 2. The molecule has 0 aliphatic carbocycles. The van der Waals surface area contributed by atoms with Crippen LogP contribution in [0.5, 0.6) is 11.5 Å². The predicted octanol–water partition coefficient (Wildman–Crippen LogP) is 3.91. The maximum atomic E-state index is 12.1. The van der Waals surface area contributed by atoms with E-state index in [1.54, 1.807) is 30.3 Å². The van der Waals surface area contributed by atoms with Crippen molar-refractivity contribution >= 4 is 11.4 Å². The number of rotatable bonds is 5. The molecule has 108 valence electrons. The summed E-state index contributed by atoms with van der Waals surface area (Å²) in [6.07, 6.45) is 0. The van der Waals surface area contributed by atoms with E-state index in [0.717, 1.165) is 0 Å². The molecule has 2 aromatic rings. The topological polar surface area (TPSA) is 54.3 Å². The first-order valence-electron chi connectivity index (χ1n) is 6.02. The van der Waals surface area contributed by atoms with Gasteiger partial charge in [-0.15, -0.1) is 0 Å². The third-order valence-electron chi connectivity index (χ3n) is 2.71. The highest BCUT2D eigenvalue weighted by molar-refractivity contribution is 5.68. The summed E-state index contributed by atoms with van der Waals surface area (Å²) >= 11 is 0. The quantitative estimate of drug-likeness (QED) is 0.907. The van der Waals surface area contributed by atoms with Gasteiger partial charge in [0.15, 0.2) is 0 Å². The van der Waals surface area contributed by atoms with Crippen LogP contribution in [-0.4, -0.2) is 13.7 Å². The summed E-state index contributed by atoms with van der Waals surface area (Å²) in [6.45, 7) is -2.85. The lowest BCUT2D eigenvalue weighted by Gasteiger charge is -2.11. The molecule has 0 spiro atoms. The van der Waals surface area contributed by atoms with Gasteiger partial charge in [-0.25, -0.2) is 0 Å². The van der Waals surface area contributed by atoms with E-state index < -0.39 is 6.61 Å². The minimum Gasteiger partial charge on any atom is -0.497 e. The van der Waals surface area contributed by atoms with Gasteiger partial charge in [0.1, 0.15) is 17.6 Å². The summed E-state index contributed by atoms with van der Waals surface area (Å²) in [5.74, 6) is 0.677. The van der Waals surface area contributed by atoms with Crippen LogP contribution in [0, 0.1) is 11.3 Å². The van der Waals surface area contributed by atoms with Gasteiger partial charge in [0.25, 0.3) is 0 Å². The minimum absolute atomic E-state index is 0.0710. The average Bonchev–Trinajstić information content (AvgIpc) is 2.48. The first kappa shape index (κ1) is 14.6. The minimum atomic E-state index is -2.85. The molecule has 0 heterocycles. The Labute approximate surface area is 120 Å². The Hall–Kier alpha value is -2.81. The van der Waals surface area contributed by atoms with Gasteiger partial charge in [0.2, 0.25) is 0 Å². The maximum absolute atomic E-state index is 12.1. The van der Waals surface area contributed by atoms with E-state index in [2.05, 4.69) is 16.1 Å². The largest absolute Gasteiger partial charge is 0.497 e. The van der Waals surface area contributed by atoms with Crippen LogP contribution in [-0.2, 0) is 0 Å². The fourth-order valence-corrected chi connectivity index (χ4v) is 1.73. The van der Waals surface area contributed by atoms with Crippen LogP contribution >= 0.6 is 0 Å². The standard InChI is InChI=1S/C15H12F2N2O2/c1-20-13-5-2-10(9-18)14(8-13)19-11-3-6-12(7-4-11)21-15(16)17/h2-8,15,19H,1H3. The van der Waals surface area contributed by atoms with Crippen molar-refractivity contribution in [2.45, 2.75) is 6.61 Å². The Kier molecular flexibility index (Phi) is 4.57. The van der Waals surface area contributed by atoms with E-state index in [9.17, 15) is 8.78 Å². The molecule has 0 unspecified atom stereocenters. The van der Waals surface area contributed by atoms with Crippen molar-refractivity contribution in [3.8, 4) is 17.6 Å². The molecular formula is C15H12F2N2O2. The first-order chi connectivity index (χ1) is 10.1. The predicted molar refractivity (Wildman–Crippen MR) is 74.1 cm³/mol. The molecule has 0 saturated carbocycles. The lowest BCUT2D eigenvalue weighted by Crippen LogP contribution is -2.01. The highest BCUT2D eigenvalue weighted by Gasteiger charge is 2.06. The van der Waals surface area contributed by atoms with Crippen molar-refractivity contribution in [2.75, 3.05) is 12.4 Å². The number of anilines is 2. The summed E-state index contributed by atoms with van der Waals surface area (Å²) in [4.78, 5) is 0. The summed E-state index contributed by atoms with van der Waals surface area (Å²) in [6, 6.07) is 13.1. The maximum Gasteiger partial charge on any atom is 0.387 e. The fourth-order valence-electron chi connectivity index (χ4n) is 1.73. The number of hydrogen-bond acceptors (Lipinski definition) is 4. The van der Waals surface area contributed by atoms with Gasteiger partial charge < -0.3 is 14.8 Å². The zero-order chi connectivity index (χ0) is 15.2. The molecule has 0 fully saturated rings. The van der Waals surface area contributed by atoms with Crippen molar-refractivity contribution < 1.29 is 18.3 Å². The summed E-state index contributed by atoms with van der Waals surface area (Å²) in [5, 5.41) is 12.1. The molecule has 0 radical (unpaired) electrons. The first-order valence-corrected chi connectivity index (χ1v) is 6.02. The van der Waals surface area contributed by atoms with Crippen molar-refractivity contribution in [1.29, 1.82) is 5.26 Å². The molecule has 2 rings (SSSR count). The Balaban J connectivity index is 2.20. The Bertz CT molecular complexity index is 652. The van der Waals surface area contributed by atoms with Crippen molar-refractivity contribution in [3.05, 3.63) is 48.0 Å². The third-order valence-corrected chi connectivity index (χ3v) is 2.71. The number of nitrogens with one attached hydrogen (secondary N) is 1. The van der Waals surface area contributed by atoms with Crippen LogP contribution < -0.4 is 14.8 Å². The lowest BCUT2D eigenvalue weighted by atomic mass is 10.1. The second-order valence-electron chi connectivity index (χ2n) is 4.05. The molecule has 1 N–H and O–H groups in total. The van der Waals surface area contributed by atoms with Gasteiger partial charge in [0, 0.05) is 11.8 Å². The normalized spacial score (nSPS) is 10.0. The molecule has 0 atom stereocenters. The van der Waals surface area contributed by atoms with Crippen molar-refractivity contribution in [3.63, 3.8) is 0 Å². The van der Waals surface area contributed by atoms with Gasteiger partial charge in [0.05, 0.1) is 18.4 Å². The van der Waals surface area contributed by atoms with Gasteiger partial charge in [-0.3, -0.25) is 0 Å². The van der Waals surface area contributed by atoms with E-state index >= 15 is 0 Å². The molecule has 21 heavy (non-hydrogen) atoms. The number of hydrogen-bond donors (Lipinski definition) is 1. The van der Waals surface area contributed by atoms with Gasteiger partial charge >= 0.3 is 6.61 Å². The molecular weight excluding hydrogens is 278 g/mol. The summed E-state index contributed by atoms with van der Waals surface area (Å²) in [5.41, 5.74) is 1.66. The highest BCUT2D eigenvalue weighted by atomic mass is 19.3. The van der Waals surface area contributed by atoms with Crippen LogP contribution in [0.3, 0.4) is 0 Å². The molecule has 0 aliphatic rings. The van der Waals surface area contributed by atoms with E-state index in [-0.39, 0.29) is 5.75 Å². The Morgan fingerprint density at radius 1 is 1.10 bits per heavy atom. The van der Waals surface area contributed by atoms with Crippen molar-refractivity contribution in [1.82, 2.24) is 0 Å². The zero-order valence-electron chi connectivity index (χ0n) is 11.1. The molecule has 4 nitrogen and oxygen atoms in total. The zero-order valence-corrected chi connectivity index (χ0v) is 11.1. The number of methoxy groups -OCH3 is 1. The van der Waals surface area contributed by atoms with Crippen LogP contribution in [0.1, 0.15) is 5.56 Å². The second kappa shape index (κ2) is 6.57. The fraction of sp³-hybridized carbons (Fsp3) is 0.133. The summed E-state index contributed by atoms with van der Waals surface area (Å²) in [7, 11) is 1.53. The second-order valence-corrected chi connectivity index (χ2v) is 4.05. The van der Waals surface area contributed by atoms with Crippen LogP contribution in [0.4, 0.5) is 20.2 Å². The number of nitrogens with zero attached hydrogens (tertiary/aromatic N) is 1. The lowest BCUT2D eigenvalue weighted by molar-refractivity contribution is -0.0498. The van der Waals surface area contributed by atoms with Gasteiger partial charge in [-0.2, -0.15) is 14.0 Å². The van der Waals surface area contributed by atoms with E-state index in [4.69, 9.17) is 10.00 Å². The number of halogens is 2. The average molecular weight is 290 g/mol. The van der Waals surface area contributed by atoms with Crippen molar-refractivity contribution in [2.24, 2.45) is 0 Å². The van der Waals surface area contributed by atoms with Crippen LogP contribution in [0.2, 0.25) is 0 Å². The molecule has 6 heteroatoms. The Morgan fingerprint density at radius 3 is 2.33 bits per heavy atom. The van der Waals surface area contributed by atoms with E-state index in [0.29, 0.717) is 22.7 Å². The molecule has 2 aromatic carbocycles.